The third kappa shape index (κ3) is 3.68. The molecule has 18 heavy (non-hydrogen) atoms. The van der Waals surface area contributed by atoms with E-state index in [1.807, 2.05) is 0 Å². The molecule has 0 aliphatic heterocycles. The summed E-state index contributed by atoms with van der Waals surface area (Å²) in [6.45, 7) is 0. The number of rotatable bonds is 3. The summed E-state index contributed by atoms with van der Waals surface area (Å²) in [4.78, 5) is 23.0. The number of halogens is 2. The summed E-state index contributed by atoms with van der Waals surface area (Å²) in [7, 11) is 2.56. The zero-order valence-corrected chi connectivity index (χ0v) is 12.9. The van der Waals surface area contributed by atoms with Crippen molar-refractivity contribution in [3.05, 3.63) is 38.3 Å². The van der Waals surface area contributed by atoms with Crippen molar-refractivity contribution in [3.63, 3.8) is 0 Å². The maximum Gasteiger partial charge on any atom is 0.338 e. The van der Waals surface area contributed by atoms with E-state index in [1.54, 1.807) is 18.2 Å². The van der Waals surface area contributed by atoms with E-state index >= 15 is 0 Å². The minimum absolute atomic E-state index is 0.289. The van der Waals surface area contributed by atoms with E-state index in [9.17, 15) is 9.59 Å². The minimum Gasteiger partial charge on any atom is -0.465 e. The Hall–Kier alpha value is -1.14. The molecule has 0 aliphatic rings. The fourth-order valence-corrected chi connectivity index (χ4v) is 1.82. The van der Waals surface area contributed by atoms with Crippen molar-refractivity contribution in [2.75, 3.05) is 14.2 Å². The molecule has 0 unspecified atom stereocenters. The molecule has 4 nitrogen and oxygen atoms in total. The van der Waals surface area contributed by atoms with Gasteiger partial charge >= 0.3 is 11.9 Å². The van der Waals surface area contributed by atoms with E-state index in [0.717, 1.165) is 0 Å². The predicted octanol–water partition coefficient (Wildman–Crippen LogP) is 3.35. The normalized spacial score (nSPS) is 9.56. The summed E-state index contributed by atoms with van der Waals surface area (Å²) in [5.74, 6) is -1.03. The average molecular weight is 378 g/mol. The van der Waals surface area contributed by atoms with Gasteiger partial charge in [0.05, 0.1) is 28.7 Å². The summed E-state index contributed by atoms with van der Waals surface area (Å²) in [5, 5.41) is 0. The number of hydrogen-bond donors (Lipinski definition) is 0. The van der Waals surface area contributed by atoms with E-state index < -0.39 is 11.9 Å². The third-order valence-electron chi connectivity index (χ3n) is 2.14. The summed E-state index contributed by atoms with van der Waals surface area (Å²) in [5.41, 5.74) is 1.20. The fourth-order valence-electron chi connectivity index (χ4n) is 1.33. The first kappa shape index (κ1) is 14.9. The number of carbonyl (C=O) groups excluding carboxylic acids is 2. The Labute approximate surface area is 121 Å². The van der Waals surface area contributed by atoms with Crippen molar-refractivity contribution in [1.82, 2.24) is 0 Å². The second-order valence-corrected chi connectivity index (χ2v) is 5.99. The molecular formula is C12H10Br2O4. The van der Waals surface area contributed by atoms with Crippen molar-refractivity contribution in [2.24, 2.45) is 0 Å². The number of hydrogen-bond acceptors (Lipinski definition) is 4. The highest BCUT2D eigenvalue weighted by Crippen LogP contribution is 2.22. The van der Waals surface area contributed by atoms with Crippen molar-refractivity contribution < 1.29 is 19.1 Å². The van der Waals surface area contributed by atoms with Gasteiger partial charge in [-0.2, -0.15) is 0 Å². The largest absolute Gasteiger partial charge is 0.465 e. The Morgan fingerprint density at radius 3 is 2.22 bits per heavy atom. The highest BCUT2D eigenvalue weighted by Gasteiger charge is 2.15. The zero-order valence-electron chi connectivity index (χ0n) is 9.70. The van der Waals surface area contributed by atoms with E-state index in [-0.39, 0.29) is 5.56 Å². The van der Waals surface area contributed by atoms with Gasteiger partial charge in [0, 0.05) is 0 Å². The van der Waals surface area contributed by atoms with Crippen molar-refractivity contribution in [2.45, 2.75) is 0 Å². The van der Waals surface area contributed by atoms with Gasteiger partial charge in [0.15, 0.2) is 0 Å². The van der Waals surface area contributed by atoms with Gasteiger partial charge in [-0.05, 0) is 55.6 Å². The first-order valence-electron chi connectivity index (χ1n) is 4.83. The maximum absolute atomic E-state index is 11.6. The van der Waals surface area contributed by atoms with Gasteiger partial charge in [-0.3, -0.25) is 0 Å². The van der Waals surface area contributed by atoms with Crippen LogP contribution in [-0.4, -0.2) is 26.2 Å². The zero-order chi connectivity index (χ0) is 13.7. The molecule has 0 radical (unpaired) electrons. The van der Waals surface area contributed by atoms with Gasteiger partial charge in [0.1, 0.15) is 0 Å². The smallest absolute Gasteiger partial charge is 0.338 e. The standard InChI is InChI=1S/C12H10Br2O4/c1-17-11(15)8-4-3-7(6-10(13)14)9(5-8)12(16)18-2/h3-6H,1-2H3. The third-order valence-corrected chi connectivity index (χ3v) is 2.60. The van der Waals surface area contributed by atoms with Crippen LogP contribution in [0.15, 0.2) is 21.6 Å². The fraction of sp³-hybridized carbons (Fsp3) is 0.167. The molecule has 0 bridgehead atoms. The molecule has 0 aliphatic carbocycles. The van der Waals surface area contributed by atoms with Crippen LogP contribution >= 0.6 is 31.9 Å². The lowest BCUT2D eigenvalue weighted by atomic mass is 10.0. The van der Waals surface area contributed by atoms with Crippen LogP contribution in [0.2, 0.25) is 0 Å². The molecule has 0 N–H and O–H groups in total. The number of esters is 2. The number of benzene rings is 1. The minimum atomic E-state index is -0.520. The Morgan fingerprint density at radius 2 is 1.72 bits per heavy atom. The highest BCUT2D eigenvalue weighted by molar-refractivity contribution is 9.28. The second-order valence-electron chi connectivity index (χ2n) is 3.22. The van der Waals surface area contributed by atoms with Crippen LogP contribution in [0.5, 0.6) is 0 Å². The molecule has 0 saturated carbocycles. The number of ether oxygens (including phenoxy) is 2. The molecule has 0 aromatic heterocycles. The van der Waals surface area contributed by atoms with Crippen LogP contribution in [0, 0.1) is 0 Å². The summed E-state index contributed by atoms with van der Waals surface area (Å²) in [6, 6.07) is 4.65. The average Bonchev–Trinajstić information content (AvgIpc) is 2.36. The van der Waals surface area contributed by atoms with Crippen LogP contribution in [0.4, 0.5) is 0 Å². The molecule has 0 amide bonds. The topological polar surface area (TPSA) is 52.6 Å². The molecule has 1 aromatic carbocycles. The summed E-state index contributed by atoms with van der Waals surface area (Å²) >= 11 is 6.42. The molecular weight excluding hydrogens is 368 g/mol. The Bertz CT molecular complexity index is 505. The van der Waals surface area contributed by atoms with Crippen LogP contribution in [0.1, 0.15) is 26.3 Å². The molecule has 6 heteroatoms. The van der Waals surface area contributed by atoms with Crippen LogP contribution in [-0.2, 0) is 9.47 Å². The first-order chi connectivity index (χ1) is 8.49. The van der Waals surface area contributed by atoms with Gasteiger partial charge in [-0.1, -0.05) is 6.07 Å². The van der Waals surface area contributed by atoms with Gasteiger partial charge in [-0.15, -0.1) is 0 Å². The van der Waals surface area contributed by atoms with Crippen LogP contribution in [0.25, 0.3) is 6.08 Å². The van der Waals surface area contributed by atoms with Gasteiger partial charge < -0.3 is 9.47 Å². The van der Waals surface area contributed by atoms with Crippen LogP contribution in [0.3, 0.4) is 0 Å². The van der Waals surface area contributed by atoms with E-state index in [4.69, 9.17) is 0 Å². The lowest BCUT2D eigenvalue weighted by Crippen LogP contribution is -2.08. The van der Waals surface area contributed by atoms with Gasteiger partial charge in [-0.25, -0.2) is 9.59 Å². The molecule has 0 atom stereocenters. The van der Waals surface area contributed by atoms with Crippen molar-refractivity contribution in [1.29, 1.82) is 0 Å². The lowest BCUT2D eigenvalue weighted by Gasteiger charge is -2.06. The summed E-state index contributed by atoms with van der Waals surface area (Å²) < 4.78 is 9.95. The Morgan fingerprint density at radius 1 is 1.11 bits per heavy atom. The van der Waals surface area contributed by atoms with Gasteiger partial charge in [0.2, 0.25) is 0 Å². The van der Waals surface area contributed by atoms with E-state index in [1.165, 1.54) is 20.3 Å². The number of methoxy groups -OCH3 is 2. The molecule has 0 spiro atoms. The van der Waals surface area contributed by atoms with E-state index in [2.05, 4.69) is 41.3 Å². The Balaban J connectivity index is 3.33. The lowest BCUT2D eigenvalue weighted by molar-refractivity contribution is 0.0599. The molecule has 1 aromatic rings. The quantitative estimate of drug-likeness (QED) is 0.758. The van der Waals surface area contributed by atoms with E-state index in [0.29, 0.717) is 14.5 Å². The monoisotopic (exact) mass is 376 g/mol. The molecule has 96 valence electrons. The first-order valence-corrected chi connectivity index (χ1v) is 6.41. The molecule has 0 saturated heterocycles. The van der Waals surface area contributed by atoms with Crippen molar-refractivity contribution in [3.8, 4) is 0 Å². The van der Waals surface area contributed by atoms with Crippen LogP contribution < -0.4 is 0 Å². The van der Waals surface area contributed by atoms with Crippen molar-refractivity contribution >= 4 is 49.9 Å². The molecule has 0 heterocycles. The van der Waals surface area contributed by atoms with Gasteiger partial charge in [0.25, 0.3) is 0 Å². The molecule has 0 fully saturated rings. The number of carbonyl (C=O) groups is 2. The molecule has 1 rings (SSSR count). The highest BCUT2D eigenvalue weighted by atomic mass is 79.9. The maximum atomic E-state index is 11.6. The SMILES string of the molecule is COC(=O)c1ccc(C=C(Br)Br)c(C(=O)OC)c1. The second kappa shape index (κ2) is 6.70. The predicted molar refractivity (Wildman–Crippen MR) is 75.0 cm³/mol. The Kier molecular flexibility index (Phi) is 5.55. The summed E-state index contributed by atoms with van der Waals surface area (Å²) in [6.07, 6.45) is 1.69.